The SMILES string of the molecule is CCOC(=O)C1=C(N)NC(C)=C(S(=O)(=O)c2ccc(Cl)cc2)C1c1ccccc1[N+](=O)[O-]. The van der Waals surface area contributed by atoms with Gasteiger partial charge in [0.25, 0.3) is 5.69 Å². The van der Waals surface area contributed by atoms with Crippen molar-refractivity contribution in [2.45, 2.75) is 24.7 Å². The fraction of sp³-hybridized carbons (Fsp3) is 0.190. The van der Waals surface area contributed by atoms with E-state index in [2.05, 4.69) is 5.32 Å². The fourth-order valence-corrected chi connectivity index (χ4v) is 5.45. The molecule has 0 bridgehead atoms. The van der Waals surface area contributed by atoms with Crippen LogP contribution in [-0.4, -0.2) is 25.9 Å². The van der Waals surface area contributed by atoms with Gasteiger partial charge in [-0.1, -0.05) is 29.8 Å². The van der Waals surface area contributed by atoms with E-state index >= 15 is 0 Å². The molecule has 0 saturated heterocycles. The smallest absolute Gasteiger partial charge is 0.338 e. The second-order valence-electron chi connectivity index (χ2n) is 6.87. The highest BCUT2D eigenvalue weighted by molar-refractivity contribution is 7.95. The minimum Gasteiger partial charge on any atom is -0.463 e. The van der Waals surface area contributed by atoms with Crippen molar-refractivity contribution in [3.63, 3.8) is 0 Å². The number of allylic oxidation sites excluding steroid dienone is 2. The monoisotopic (exact) mass is 477 g/mol. The molecule has 0 aromatic heterocycles. The average molecular weight is 478 g/mol. The van der Waals surface area contributed by atoms with Crippen molar-refractivity contribution in [3.05, 3.63) is 91.2 Å². The molecule has 0 aliphatic carbocycles. The van der Waals surface area contributed by atoms with E-state index in [0.29, 0.717) is 5.02 Å². The van der Waals surface area contributed by atoms with E-state index in [9.17, 15) is 23.3 Å². The van der Waals surface area contributed by atoms with E-state index in [-0.39, 0.29) is 44.7 Å². The second kappa shape index (κ2) is 9.01. The average Bonchev–Trinajstić information content (AvgIpc) is 2.73. The molecule has 32 heavy (non-hydrogen) atoms. The number of rotatable bonds is 6. The predicted octanol–water partition coefficient (Wildman–Crippen LogP) is 3.37. The van der Waals surface area contributed by atoms with E-state index < -0.39 is 26.6 Å². The number of nitrogens with zero attached hydrogens (tertiary/aromatic N) is 1. The third-order valence-electron chi connectivity index (χ3n) is 4.89. The Morgan fingerprint density at radius 1 is 1.22 bits per heavy atom. The first-order chi connectivity index (χ1) is 15.1. The summed E-state index contributed by atoms with van der Waals surface area (Å²) in [7, 11) is -4.23. The molecule has 1 aliphatic heterocycles. The van der Waals surface area contributed by atoms with Crippen molar-refractivity contribution in [2.24, 2.45) is 5.73 Å². The normalized spacial score (nSPS) is 16.5. The number of halogens is 1. The van der Waals surface area contributed by atoms with Crippen molar-refractivity contribution >= 4 is 33.1 Å². The Bertz CT molecular complexity index is 1250. The lowest BCUT2D eigenvalue weighted by molar-refractivity contribution is -0.385. The maximum atomic E-state index is 13.7. The van der Waals surface area contributed by atoms with Crippen LogP contribution in [0.5, 0.6) is 0 Å². The van der Waals surface area contributed by atoms with Crippen LogP contribution in [0, 0.1) is 10.1 Å². The number of benzene rings is 2. The van der Waals surface area contributed by atoms with Gasteiger partial charge in [0.15, 0.2) is 0 Å². The summed E-state index contributed by atoms with van der Waals surface area (Å²) in [6.07, 6.45) is 0. The molecular weight excluding hydrogens is 458 g/mol. The summed E-state index contributed by atoms with van der Waals surface area (Å²) in [6, 6.07) is 11.1. The van der Waals surface area contributed by atoms with Crippen LogP contribution < -0.4 is 11.1 Å². The van der Waals surface area contributed by atoms with Crippen molar-refractivity contribution in [2.75, 3.05) is 6.61 Å². The summed E-state index contributed by atoms with van der Waals surface area (Å²) in [4.78, 5) is 23.6. The molecule has 1 unspecified atom stereocenters. The summed E-state index contributed by atoms with van der Waals surface area (Å²) in [6.45, 7) is 3.05. The van der Waals surface area contributed by atoms with Crippen LogP contribution in [0.1, 0.15) is 25.3 Å². The summed E-state index contributed by atoms with van der Waals surface area (Å²) in [5, 5.41) is 14.8. The molecule has 0 saturated carbocycles. The van der Waals surface area contributed by atoms with Gasteiger partial charge >= 0.3 is 5.97 Å². The highest BCUT2D eigenvalue weighted by Gasteiger charge is 2.43. The first-order valence-electron chi connectivity index (χ1n) is 9.48. The summed E-state index contributed by atoms with van der Waals surface area (Å²) in [5.41, 5.74) is 5.62. The summed E-state index contributed by atoms with van der Waals surface area (Å²) < 4.78 is 32.5. The van der Waals surface area contributed by atoms with Crippen molar-refractivity contribution in [1.29, 1.82) is 0 Å². The lowest BCUT2D eigenvalue weighted by atomic mass is 9.86. The van der Waals surface area contributed by atoms with E-state index in [4.69, 9.17) is 22.1 Å². The predicted molar refractivity (Wildman–Crippen MR) is 118 cm³/mol. The highest BCUT2D eigenvalue weighted by atomic mass is 35.5. The molecule has 3 N–H and O–H groups in total. The van der Waals surface area contributed by atoms with E-state index in [0.717, 1.165) is 0 Å². The van der Waals surface area contributed by atoms with Crippen LogP contribution in [-0.2, 0) is 19.4 Å². The van der Waals surface area contributed by atoms with Crippen LogP contribution in [0.25, 0.3) is 0 Å². The van der Waals surface area contributed by atoms with Gasteiger partial charge in [0.05, 0.1) is 32.8 Å². The number of nitrogens with one attached hydrogen (secondary N) is 1. The molecular formula is C21H20ClN3O6S. The number of nitrogens with two attached hydrogens (primary N) is 1. The number of dihydropyridines is 1. The van der Waals surface area contributed by atoms with E-state index in [1.807, 2.05) is 0 Å². The summed E-state index contributed by atoms with van der Waals surface area (Å²) >= 11 is 5.90. The zero-order valence-electron chi connectivity index (χ0n) is 17.2. The van der Waals surface area contributed by atoms with Crippen molar-refractivity contribution in [3.8, 4) is 0 Å². The second-order valence-corrected chi connectivity index (χ2v) is 9.22. The molecule has 0 amide bonds. The lowest BCUT2D eigenvalue weighted by Crippen LogP contribution is -2.36. The number of nitro benzene ring substituents is 1. The minimum atomic E-state index is -4.23. The van der Waals surface area contributed by atoms with Crippen LogP contribution in [0.3, 0.4) is 0 Å². The zero-order valence-corrected chi connectivity index (χ0v) is 18.7. The third kappa shape index (κ3) is 4.19. The number of esters is 1. The van der Waals surface area contributed by atoms with Crippen LogP contribution >= 0.6 is 11.6 Å². The number of carbonyl (C=O) groups is 1. The molecule has 0 radical (unpaired) electrons. The molecule has 168 valence electrons. The van der Waals surface area contributed by atoms with Gasteiger partial charge < -0.3 is 15.8 Å². The first-order valence-corrected chi connectivity index (χ1v) is 11.3. The molecule has 0 spiro atoms. The molecule has 0 fully saturated rings. The molecule has 2 aromatic rings. The Hall–Kier alpha value is -3.37. The highest BCUT2D eigenvalue weighted by Crippen LogP contribution is 2.45. The van der Waals surface area contributed by atoms with Gasteiger partial charge in [0.1, 0.15) is 5.82 Å². The quantitative estimate of drug-likeness (QED) is 0.366. The largest absolute Gasteiger partial charge is 0.463 e. The Morgan fingerprint density at radius 2 is 1.84 bits per heavy atom. The first kappa shape index (κ1) is 23.3. The standard InChI is InChI=1S/C21H20ClN3O6S/c1-3-31-21(26)18-17(15-6-4-5-7-16(15)25(27)28)19(12(2)24-20(18)23)32(29,30)14-10-8-13(22)9-11-14/h4-11,17,24H,3,23H2,1-2H3. The molecule has 1 aliphatic rings. The molecule has 11 heteroatoms. The minimum absolute atomic E-state index is 0.00117. The molecule has 3 rings (SSSR count). The van der Waals surface area contributed by atoms with Gasteiger partial charge in [-0.25, -0.2) is 13.2 Å². The summed E-state index contributed by atoms with van der Waals surface area (Å²) in [5.74, 6) is -2.38. The van der Waals surface area contributed by atoms with Gasteiger partial charge in [-0.3, -0.25) is 10.1 Å². The van der Waals surface area contributed by atoms with Crippen LogP contribution in [0.15, 0.2) is 75.4 Å². The van der Waals surface area contributed by atoms with Gasteiger partial charge in [-0.2, -0.15) is 0 Å². The van der Waals surface area contributed by atoms with Crippen LogP contribution in [0.2, 0.25) is 5.02 Å². The maximum absolute atomic E-state index is 13.7. The van der Waals surface area contributed by atoms with Gasteiger partial charge in [-0.15, -0.1) is 0 Å². The van der Waals surface area contributed by atoms with Crippen molar-refractivity contribution in [1.82, 2.24) is 5.32 Å². The van der Waals surface area contributed by atoms with Gasteiger partial charge in [0, 0.05) is 22.3 Å². The maximum Gasteiger partial charge on any atom is 0.338 e. The van der Waals surface area contributed by atoms with Gasteiger partial charge in [0.2, 0.25) is 9.84 Å². The van der Waals surface area contributed by atoms with Gasteiger partial charge in [-0.05, 0) is 38.1 Å². The lowest BCUT2D eigenvalue weighted by Gasteiger charge is -2.30. The number of hydrogen-bond donors (Lipinski definition) is 2. The number of sulfone groups is 1. The van der Waals surface area contributed by atoms with E-state index in [1.54, 1.807) is 6.92 Å². The number of ether oxygens (including phenoxy) is 1. The van der Waals surface area contributed by atoms with Crippen LogP contribution in [0.4, 0.5) is 5.69 Å². The molecule has 9 nitrogen and oxygen atoms in total. The third-order valence-corrected chi connectivity index (χ3v) is 7.15. The van der Waals surface area contributed by atoms with E-state index in [1.165, 1.54) is 55.5 Å². The number of hydrogen-bond acceptors (Lipinski definition) is 8. The Morgan fingerprint density at radius 3 is 2.44 bits per heavy atom. The number of nitro groups is 1. The fourth-order valence-electron chi connectivity index (χ4n) is 3.56. The molecule has 2 aromatic carbocycles. The molecule has 1 heterocycles. The number of para-hydroxylation sites is 1. The van der Waals surface area contributed by atoms with Crippen molar-refractivity contribution < 1.29 is 22.9 Å². The Labute approximate surface area is 189 Å². The molecule has 1 atom stereocenters. The Balaban J connectivity index is 2.34. The Kier molecular flexibility index (Phi) is 6.56. The zero-order chi connectivity index (χ0) is 23.6. The number of carbonyl (C=O) groups excluding carboxylic acids is 1. The topological polar surface area (TPSA) is 142 Å².